The number of nitrogens with one attached hydrogen (secondary N) is 1. The molecule has 2 aromatic carbocycles. The van der Waals surface area contributed by atoms with Gasteiger partial charge in [-0.25, -0.2) is 4.79 Å². The topological polar surface area (TPSA) is 78.3 Å². The van der Waals surface area contributed by atoms with E-state index in [2.05, 4.69) is 15.5 Å². The molecular formula is C17H14N4O3. The molecule has 7 heteroatoms. The third kappa shape index (κ3) is 2.79. The van der Waals surface area contributed by atoms with Crippen molar-refractivity contribution in [2.24, 2.45) is 0 Å². The highest BCUT2D eigenvalue weighted by atomic mass is 16.5. The minimum absolute atomic E-state index is 0.220. The van der Waals surface area contributed by atoms with Gasteiger partial charge in [0.2, 0.25) is 0 Å². The van der Waals surface area contributed by atoms with Gasteiger partial charge in [-0.05, 0) is 17.7 Å². The van der Waals surface area contributed by atoms with Crippen LogP contribution >= 0.6 is 0 Å². The number of anilines is 1. The van der Waals surface area contributed by atoms with Crippen LogP contribution in [0.4, 0.5) is 10.5 Å². The molecule has 0 radical (unpaired) electrons. The van der Waals surface area contributed by atoms with Gasteiger partial charge in [0.15, 0.2) is 5.82 Å². The Kier molecular flexibility index (Phi) is 3.59. The number of carbonyl (C=O) groups is 1. The molecule has 2 heterocycles. The van der Waals surface area contributed by atoms with Crippen molar-refractivity contribution in [1.82, 2.24) is 14.8 Å². The lowest BCUT2D eigenvalue weighted by atomic mass is 10.2. The smallest absolute Gasteiger partial charge is 0.411 e. The molecule has 1 N–H and O–H groups in total. The number of hydrogen-bond acceptors (Lipinski definition) is 5. The lowest BCUT2D eigenvalue weighted by Gasteiger charge is -2.19. The Bertz CT molecular complexity index is 877. The zero-order valence-corrected chi connectivity index (χ0v) is 12.7. The standard InChI is InChI=1S/C17H14N4O3/c22-17(24-9-12-4-2-1-3-5-12)19-13-6-7-14-15(8-13)23-10-16-20-18-11-21(14)16/h1-8,11H,9-10H2,(H,19,22). The van der Waals surface area contributed by atoms with Crippen molar-refractivity contribution in [2.45, 2.75) is 13.2 Å². The molecule has 3 aromatic rings. The molecule has 0 fully saturated rings. The summed E-state index contributed by atoms with van der Waals surface area (Å²) < 4.78 is 12.7. The number of fused-ring (bicyclic) bond motifs is 3. The van der Waals surface area contributed by atoms with E-state index in [1.165, 1.54) is 0 Å². The van der Waals surface area contributed by atoms with E-state index in [-0.39, 0.29) is 6.61 Å². The molecule has 24 heavy (non-hydrogen) atoms. The number of aromatic nitrogens is 3. The summed E-state index contributed by atoms with van der Waals surface area (Å²) in [6.45, 7) is 0.563. The molecule has 0 unspecified atom stereocenters. The summed E-state index contributed by atoms with van der Waals surface area (Å²) >= 11 is 0. The van der Waals surface area contributed by atoms with Crippen LogP contribution in [0.3, 0.4) is 0 Å². The normalized spacial score (nSPS) is 11.8. The Hall–Kier alpha value is -3.35. The Labute approximate surface area is 137 Å². The molecule has 0 saturated heterocycles. The summed E-state index contributed by atoms with van der Waals surface area (Å²) in [5.74, 6) is 1.40. The van der Waals surface area contributed by atoms with E-state index in [9.17, 15) is 4.79 Å². The van der Waals surface area contributed by atoms with Crippen LogP contribution in [0.5, 0.6) is 5.75 Å². The van der Waals surface area contributed by atoms with E-state index in [4.69, 9.17) is 9.47 Å². The number of ether oxygens (including phenoxy) is 2. The van der Waals surface area contributed by atoms with Gasteiger partial charge in [0.25, 0.3) is 0 Å². The van der Waals surface area contributed by atoms with Gasteiger partial charge >= 0.3 is 6.09 Å². The van der Waals surface area contributed by atoms with Gasteiger partial charge in [-0.2, -0.15) is 0 Å². The first-order valence-electron chi connectivity index (χ1n) is 7.43. The second-order valence-electron chi connectivity index (χ2n) is 5.28. The fourth-order valence-electron chi connectivity index (χ4n) is 2.48. The van der Waals surface area contributed by atoms with Gasteiger partial charge in [-0.3, -0.25) is 9.88 Å². The van der Waals surface area contributed by atoms with Crippen LogP contribution in [0.15, 0.2) is 54.9 Å². The largest absolute Gasteiger partial charge is 0.483 e. The summed E-state index contributed by atoms with van der Waals surface area (Å²) in [6, 6.07) is 14.9. The molecule has 0 saturated carbocycles. The maximum atomic E-state index is 11.9. The predicted octanol–water partition coefficient (Wildman–Crippen LogP) is 2.91. The van der Waals surface area contributed by atoms with E-state index in [0.29, 0.717) is 18.0 Å². The van der Waals surface area contributed by atoms with E-state index in [1.807, 2.05) is 41.0 Å². The number of carbonyl (C=O) groups excluding carboxylic acids is 1. The molecule has 1 amide bonds. The lowest BCUT2D eigenvalue weighted by molar-refractivity contribution is 0.155. The maximum absolute atomic E-state index is 11.9. The van der Waals surface area contributed by atoms with Crippen molar-refractivity contribution in [1.29, 1.82) is 0 Å². The first-order chi connectivity index (χ1) is 11.8. The fraction of sp³-hybridized carbons (Fsp3) is 0.118. The Morgan fingerprint density at radius 3 is 3.00 bits per heavy atom. The van der Waals surface area contributed by atoms with Crippen molar-refractivity contribution in [3.63, 3.8) is 0 Å². The fourth-order valence-corrected chi connectivity index (χ4v) is 2.48. The van der Waals surface area contributed by atoms with Crippen LogP contribution < -0.4 is 10.1 Å². The van der Waals surface area contributed by atoms with Crippen molar-refractivity contribution < 1.29 is 14.3 Å². The Balaban J connectivity index is 1.43. The molecule has 120 valence electrons. The van der Waals surface area contributed by atoms with Crippen LogP contribution in [-0.4, -0.2) is 20.9 Å². The van der Waals surface area contributed by atoms with E-state index in [1.54, 1.807) is 18.5 Å². The van der Waals surface area contributed by atoms with Crippen molar-refractivity contribution in [2.75, 3.05) is 5.32 Å². The third-order valence-corrected chi connectivity index (χ3v) is 3.65. The predicted molar refractivity (Wildman–Crippen MR) is 85.9 cm³/mol. The molecule has 0 atom stereocenters. The lowest BCUT2D eigenvalue weighted by Crippen LogP contribution is -2.15. The molecule has 0 aliphatic carbocycles. The monoisotopic (exact) mass is 322 g/mol. The van der Waals surface area contributed by atoms with Crippen LogP contribution in [0, 0.1) is 0 Å². The second-order valence-corrected chi connectivity index (χ2v) is 5.28. The number of nitrogens with zero attached hydrogens (tertiary/aromatic N) is 3. The molecule has 1 aliphatic heterocycles. The highest BCUT2D eigenvalue weighted by Gasteiger charge is 2.18. The third-order valence-electron chi connectivity index (χ3n) is 3.65. The minimum Gasteiger partial charge on any atom is -0.483 e. The van der Waals surface area contributed by atoms with Crippen LogP contribution in [0.1, 0.15) is 11.4 Å². The molecule has 1 aromatic heterocycles. The molecular weight excluding hydrogens is 308 g/mol. The summed E-state index contributed by atoms with van der Waals surface area (Å²) in [7, 11) is 0. The van der Waals surface area contributed by atoms with E-state index in [0.717, 1.165) is 17.1 Å². The highest BCUT2D eigenvalue weighted by Crippen LogP contribution is 2.31. The van der Waals surface area contributed by atoms with Crippen LogP contribution in [0.2, 0.25) is 0 Å². The van der Waals surface area contributed by atoms with Crippen molar-refractivity contribution >= 4 is 11.8 Å². The second kappa shape index (κ2) is 6.04. The van der Waals surface area contributed by atoms with Crippen molar-refractivity contribution in [3.8, 4) is 11.4 Å². The van der Waals surface area contributed by atoms with Gasteiger partial charge in [-0.15, -0.1) is 10.2 Å². The summed E-state index contributed by atoms with van der Waals surface area (Å²) in [5, 5.41) is 10.5. The molecule has 1 aliphatic rings. The average Bonchev–Trinajstić information content (AvgIpc) is 3.10. The van der Waals surface area contributed by atoms with Gasteiger partial charge in [0, 0.05) is 11.8 Å². The van der Waals surface area contributed by atoms with E-state index >= 15 is 0 Å². The van der Waals surface area contributed by atoms with E-state index < -0.39 is 6.09 Å². The van der Waals surface area contributed by atoms with Gasteiger partial charge in [-0.1, -0.05) is 30.3 Å². The maximum Gasteiger partial charge on any atom is 0.411 e. The number of benzene rings is 2. The SMILES string of the molecule is O=C(Nc1ccc2c(c1)OCc1nncn1-2)OCc1ccccc1. The zero-order valence-electron chi connectivity index (χ0n) is 12.7. The first-order valence-corrected chi connectivity index (χ1v) is 7.43. The zero-order chi connectivity index (χ0) is 16.4. The van der Waals surface area contributed by atoms with Gasteiger partial charge in [0.05, 0.1) is 5.69 Å². The first kappa shape index (κ1) is 14.3. The van der Waals surface area contributed by atoms with Gasteiger partial charge in [0.1, 0.15) is 25.3 Å². The number of hydrogen-bond donors (Lipinski definition) is 1. The number of amides is 1. The molecule has 0 spiro atoms. The molecule has 0 bridgehead atoms. The average molecular weight is 322 g/mol. The Morgan fingerprint density at radius 1 is 1.25 bits per heavy atom. The summed E-state index contributed by atoms with van der Waals surface area (Å²) in [5.41, 5.74) is 2.37. The number of rotatable bonds is 3. The summed E-state index contributed by atoms with van der Waals surface area (Å²) in [4.78, 5) is 11.9. The van der Waals surface area contributed by atoms with Crippen LogP contribution in [0.25, 0.3) is 5.69 Å². The molecule has 4 rings (SSSR count). The Morgan fingerprint density at radius 2 is 2.12 bits per heavy atom. The quantitative estimate of drug-likeness (QED) is 0.802. The van der Waals surface area contributed by atoms with Crippen LogP contribution in [-0.2, 0) is 18.0 Å². The minimum atomic E-state index is -0.514. The highest BCUT2D eigenvalue weighted by molar-refractivity contribution is 5.85. The van der Waals surface area contributed by atoms with Gasteiger partial charge < -0.3 is 9.47 Å². The summed E-state index contributed by atoms with van der Waals surface area (Å²) in [6.07, 6.45) is 1.12. The van der Waals surface area contributed by atoms with Crippen molar-refractivity contribution in [3.05, 3.63) is 66.2 Å². The molecule has 7 nitrogen and oxygen atoms in total.